The average Bonchev–Trinajstić information content (AvgIpc) is 2.19. The second-order valence-corrected chi connectivity index (χ2v) is 6.39. The van der Waals surface area contributed by atoms with E-state index in [9.17, 15) is 0 Å². The largest absolute Gasteiger partial charge is 0.328 e. The lowest BCUT2D eigenvalue weighted by molar-refractivity contribution is 0.0152. The minimum Gasteiger partial charge on any atom is -0.328 e. The summed E-state index contributed by atoms with van der Waals surface area (Å²) in [5, 5.41) is 0. The van der Waals surface area contributed by atoms with E-state index < -0.39 is 0 Å². The van der Waals surface area contributed by atoms with Crippen molar-refractivity contribution in [2.24, 2.45) is 17.6 Å². The lowest BCUT2D eigenvalue weighted by Crippen LogP contribution is -2.56. The molecule has 0 aromatic rings. The topological polar surface area (TPSA) is 29.3 Å². The molecule has 2 aliphatic rings. The minimum absolute atomic E-state index is 0.473. The Morgan fingerprint density at radius 2 is 1.69 bits per heavy atom. The average molecular weight is 224 g/mol. The lowest BCUT2D eigenvalue weighted by Gasteiger charge is -2.49. The van der Waals surface area contributed by atoms with Gasteiger partial charge >= 0.3 is 0 Å². The molecule has 2 rings (SSSR count). The van der Waals surface area contributed by atoms with E-state index in [1.165, 1.54) is 38.6 Å². The van der Waals surface area contributed by atoms with Crippen molar-refractivity contribution in [3.8, 4) is 0 Å². The highest BCUT2D eigenvalue weighted by molar-refractivity contribution is 4.94. The monoisotopic (exact) mass is 224 g/mol. The summed E-state index contributed by atoms with van der Waals surface area (Å²) < 4.78 is 0. The molecule has 0 amide bonds. The van der Waals surface area contributed by atoms with Crippen molar-refractivity contribution in [1.82, 2.24) is 4.90 Å². The van der Waals surface area contributed by atoms with Gasteiger partial charge in [-0.2, -0.15) is 0 Å². The van der Waals surface area contributed by atoms with E-state index in [4.69, 9.17) is 5.73 Å². The molecule has 0 spiro atoms. The van der Waals surface area contributed by atoms with Gasteiger partial charge in [-0.15, -0.1) is 0 Å². The van der Waals surface area contributed by atoms with E-state index in [0.717, 1.165) is 23.9 Å². The number of hydrogen-bond acceptors (Lipinski definition) is 2. The lowest BCUT2D eigenvalue weighted by atomic mass is 9.81. The molecule has 94 valence electrons. The van der Waals surface area contributed by atoms with Crippen LogP contribution < -0.4 is 5.73 Å². The van der Waals surface area contributed by atoms with Crippen molar-refractivity contribution in [2.45, 2.75) is 71.0 Å². The molecular weight excluding hydrogens is 196 g/mol. The Hall–Kier alpha value is -0.0800. The molecule has 3 unspecified atom stereocenters. The van der Waals surface area contributed by atoms with Gasteiger partial charge in [-0.1, -0.05) is 27.2 Å². The predicted molar refractivity (Wildman–Crippen MR) is 69.3 cm³/mol. The molecule has 2 heterocycles. The molecule has 2 saturated heterocycles. The van der Waals surface area contributed by atoms with Gasteiger partial charge in [0, 0.05) is 24.7 Å². The van der Waals surface area contributed by atoms with Crippen LogP contribution in [-0.4, -0.2) is 29.6 Å². The standard InChI is InChI=1S/C14H28N2/c1-10(2)11(3)9-16-13-5-4-6-14(16)8-12(15)7-13/h10-14H,4-9,15H2,1-3H3. The van der Waals surface area contributed by atoms with Crippen LogP contribution >= 0.6 is 0 Å². The van der Waals surface area contributed by atoms with Crippen molar-refractivity contribution < 1.29 is 0 Å². The number of nitrogens with zero attached hydrogens (tertiary/aromatic N) is 1. The molecular formula is C14H28N2. The maximum absolute atomic E-state index is 6.15. The Bertz CT molecular complexity index is 213. The van der Waals surface area contributed by atoms with Gasteiger partial charge in [0.05, 0.1) is 0 Å². The summed E-state index contributed by atoms with van der Waals surface area (Å²) in [6, 6.07) is 2.06. The highest BCUT2D eigenvalue weighted by Gasteiger charge is 2.37. The zero-order valence-corrected chi connectivity index (χ0v) is 11.2. The molecule has 0 aromatic carbocycles. The van der Waals surface area contributed by atoms with Gasteiger partial charge in [-0.3, -0.25) is 4.90 Å². The third-order valence-corrected chi connectivity index (χ3v) is 4.80. The summed E-state index contributed by atoms with van der Waals surface area (Å²) in [5.74, 6) is 1.62. The molecule has 3 atom stereocenters. The maximum Gasteiger partial charge on any atom is 0.0113 e. The van der Waals surface area contributed by atoms with Gasteiger partial charge in [0.1, 0.15) is 0 Å². The highest BCUT2D eigenvalue weighted by Crippen LogP contribution is 2.34. The molecule has 2 N–H and O–H groups in total. The molecule has 0 aliphatic carbocycles. The molecule has 2 aliphatic heterocycles. The SMILES string of the molecule is CC(C)C(C)CN1C2CCCC1CC(N)C2. The number of nitrogens with two attached hydrogens (primary N) is 1. The van der Waals surface area contributed by atoms with E-state index in [1.54, 1.807) is 0 Å². The molecule has 0 saturated carbocycles. The first kappa shape index (κ1) is 12.4. The summed E-state index contributed by atoms with van der Waals surface area (Å²) in [6.07, 6.45) is 6.67. The van der Waals surface area contributed by atoms with E-state index in [1.807, 2.05) is 0 Å². The highest BCUT2D eigenvalue weighted by atomic mass is 15.2. The fourth-order valence-corrected chi connectivity index (χ4v) is 3.36. The molecule has 0 aromatic heterocycles. The molecule has 2 heteroatoms. The Morgan fingerprint density at radius 3 is 2.19 bits per heavy atom. The first-order valence-electron chi connectivity index (χ1n) is 7.09. The summed E-state index contributed by atoms with van der Waals surface area (Å²) in [6.45, 7) is 8.38. The van der Waals surface area contributed by atoms with E-state index in [2.05, 4.69) is 25.7 Å². The van der Waals surface area contributed by atoms with Crippen LogP contribution in [0.2, 0.25) is 0 Å². The molecule has 0 radical (unpaired) electrons. The van der Waals surface area contributed by atoms with E-state index in [0.29, 0.717) is 6.04 Å². The normalized spacial score (nSPS) is 37.7. The minimum atomic E-state index is 0.473. The zero-order valence-electron chi connectivity index (χ0n) is 11.2. The second-order valence-electron chi connectivity index (χ2n) is 6.39. The second kappa shape index (κ2) is 5.05. The summed E-state index contributed by atoms with van der Waals surface area (Å²) in [4.78, 5) is 2.79. The predicted octanol–water partition coefficient (Wildman–Crippen LogP) is 2.62. The first-order chi connectivity index (χ1) is 7.58. The van der Waals surface area contributed by atoms with Gasteiger partial charge < -0.3 is 5.73 Å². The number of fused-ring (bicyclic) bond motifs is 2. The third-order valence-electron chi connectivity index (χ3n) is 4.80. The first-order valence-corrected chi connectivity index (χ1v) is 7.09. The van der Waals surface area contributed by atoms with Crippen molar-refractivity contribution in [1.29, 1.82) is 0 Å². The van der Waals surface area contributed by atoms with Crippen molar-refractivity contribution >= 4 is 0 Å². The Morgan fingerprint density at radius 1 is 1.12 bits per heavy atom. The number of piperidine rings is 2. The van der Waals surface area contributed by atoms with Crippen molar-refractivity contribution in [2.75, 3.05) is 6.54 Å². The van der Waals surface area contributed by atoms with Crippen molar-refractivity contribution in [3.63, 3.8) is 0 Å². The van der Waals surface area contributed by atoms with Crippen LogP contribution in [0, 0.1) is 11.8 Å². The van der Waals surface area contributed by atoms with Crippen LogP contribution in [0.25, 0.3) is 0 Å². The Labute approximate surface area is 101 Å². The summed E-state index contributed by atoms with van der Waals surface area (Å²) in [7, 11) is 0. The van der Waals surface area contributed by atoms with Gasteiger partial charge in [0.2, 0.25) is 0 Å². The molecule has 2 bridgehead atoms. The van der Waals surface area contributed by atoms with Crippen LogP contribution in [0.3, 0.4) is 0 Å². The smallest absolute Gasteiger partial charge is 0.0113 e. The van der Waals surface area contributed by atoms with Gasteiger partial charge in [0.25, 0.3) is 0 Å². The van der Waals surface area contributed by atoms with Gasteiger partial charge in [0.15, 0.2) is 0 Å². The Balaban J connectivity index is 1.98. The van der Waals surface area contributed by atoms with Crippen LogP contribution in [0.1, 0.15) is 52.9 Å². The Kier molecular flexibility index (Phi) is 3.91. The molecule has 2 fully saturated rings. The number of hydrogen-bond donors (Lipinski definition) is 1. The van der Waals surface area contributed by atoms with Crippen LogP contribution in [0.15, 0.2) is 0 Å². The van der Waals surface area contributed by atoms with Gasteiger partial charge in [-0.25, -0.2) is 0 Å². The van der Waals surface area contributed by atoms with Crippen LogP contribution in [0.4, 0.5) is 0 Å². The third kappa shape index (κ3) is 2.60. The van der Waals surface area contributed by atoms with Gasteiger partial charge in [-0.05, 0) is 37.5 Å². The van der Waals surface area contributed by atoms with E-state index in [-0.39, 0.29) is 0 Å². The summed E-state index contributed by atoms with van der Waals surface area (Å²) in [5.41, 5.74) is 6.15. The summed E-state index contributed by atoms with van der Waals surface area (Å²) >= 11 is 0. The fraction of sp³-hybridized carbons (Fsp3) is 1.00. The fourth-order valence-electron chi connectivity index (χ4n) is 3.36. The van der Waals surface area contributed by atoms with Crippen LogP contribution in [0.5, 0.6) is 0 Å². The quantitative estimate of drug-likeness (QED) is 0.798. The maximum atomic E-state index is 6.15. The number of rotatable bonds is 3. The molecule has 2 nitrogen and oxygen atoms in total. The zero-order chi connectivity index (χ0) is 11.7. The van der Waals surface area contributed by atoms with Crippen molar-refractivity contribution in [3.05, 3.63) is 0 Å². The molecule has 16 heavy (non-hydrogen) atoms. The van der Waals surface area contributed by atoms with E-state index >= 15 is 0 Å². The van der Waals surface area contributed by atoms with Crippen LogP contribution in [-0.2, 0) is 0 Å².